The van der Waals surface area contributed by atoms with E-state index in [1.165, 1.54) is 11.1 Å². The van der Waals surface area contributed by atoms with Crippen molar-refractivity contribution < 1.29 is 4.79 Å². The quantitative estimate of drug-likeness (QED) is 0.776. The molecule has 0 saturated carbocycles. The van der Waals surface area contributed by atoms with Crippen LogP contribution in [0.25, 0.3) is 11.3 Å². The van der Waals surface area contributed by atoms with Crippen LogP contribution in [-0.2, 0) is 6.54 Å². The van der Waals surface area contributed by atoms with Gasteiger partial charge in [0.15, 0.2) is 0 Å². The smallest absolute Gasteiger partial charge is 0.271 e. The molecule has 1 fully saturated rings. The standard InChI is InChI=1S/C22H24N4O/c1-17-6-5-7-18(14-17)16-25-10-12-26(13-11-25)22(27)21-15-20(23-24-21)19-8-3-2-4-9-19/h2-9,14-15H,10-13,16H2,1H3,(H,23,24). The zero-order chi connectivity index (χ0) is 18.6. The SMILES string of the molecule is Cc1cccc(CN2CCN(C(=O)c3cc(-c4ccccc4)n[nH]3)CC2)c1. The van der Waals surface area contributed by atoms with Crippen LogP contribution in [0.2, 0.25) is 0 Å². The van der Waals surface area contributed by atoms with Crippen LogP contribution in [0.5, 0.6) is 0 Å². The summed E-state index contributed by atoms with van der Waals surface area (Å²) in [6, 6.07) is 20.4. The monoisotopic (exact) mass is 360 g/mol. The van der Waals surface area contributed by atoms with Gasteiger partial charge in [-0.05, 0) is 18.6 Å². The summed E-state index contributed by atoms with van der Waals surface area (Å²) in [4.78, 5) is 17.1. The van der Waals surface area contributed by atoms with Gasteiger partial charge in [0.1, 0.15) is 5.69 Å². The maximum Gasteiger partial charge on any atom is 0.271 e. The van der Waals surface area contributed by atoms with E-state index in [4.69, 9.17) is 0 Å². The number of nitrogens with zero attached hydrogens (tertiary/aromatic N) is 3. The van der Waals surface area contributed by atoms with E-state index in [9.17, 15) is 4.79 Å². The van der Waals surface area contributed by atoms with Gasteiger partial charge in [-0.25, -0.2) is 0 Å². The average Bonchev–Trinajstić information content (AvgIpc) is 3.19. The average molecular weight is 360 g/mol. The summed E-state index contributed by atoms with van der Waals surface area (Å²) in [6.07, 6.45) is 0. The predicted molar refractivity (Wildman–Crippen MR) is 106 cm³/mol. The molecule has 5 heteroatoms. The first kappa shape index (κ1) is 17.5. The van der Waals surface area contributed by atoms with E-state index < -0.39 is 0 Å². The van der Waals surface area contributed by atoms with E-state index in [-0.39, 0.29) is 5.91 Å². The van der Waals surface area contributed by atoms with E-state index in [1.807, 2.05) is 41.3 Å². The summed E-state index contributed by atoms with van der Waals surface area (Å²) in [7, 11) is 0. The number of rotatable bonds is 4. The minimum atomic E-state index is 0.0277. The summed E-state index contributed by atoms with van der Waals surface area (Å²) in [6.45, 7) is 6.31. The second kappa shape index (κ2) is 7.76. The molecule has 2 aromatic carbocycles. The summed E-state index contributed by atoms with van der Waals surface area (Å²) in [5, 5.41) is 7.20. The second-order valence-electron chi connectivity index (χ2n) is 7.09. The molecule has 0 spiro atoms. The summed E-state index contributed by atoms with van der Waals surface area (Å²) in [5.74, 6) is 0.0277. The van der Waals surface area contributed by atoms with Crippen molar-refractivity contribution >= 4 is 5.91 Å². The lowest BCUT2D eigenvalue weighted by atomic mass is 10.1. The van der Waals surface area contributed by atoms with Crippen molar-refractivity contribution in [1.29, 1.82) is 0 Å². The van der Waals surface area contributed by atoms with E-state index in [1.54, 1.807) is 0 Å². The molecular weight excluding hydrogens is 336 g/mol. The first-order valence-corrected chi connectivity index (χ1v) is 9.37. The van der Waals surface area contributed by atoms with Gasteiger partial charge in [-0.3, -0.25) is 14.8 Å². The maximum atomic E-state index is 12.8. The van der Waals surface area contributed by atoms with Crippen LogP contribution < -0.4 is 0 Å². The first-order chi connectivity index (χ1) is 13.2. The lowest BCUT2D eigenvalue weighted by Crippen LogP contribution is -2.48. The number of aromatic amines is 1. The van der Waals surface area contributed by atoms with Gasteiger partial charge < -0.3 is 4.90 Å². The molecule has 0 unspecified atom stereocenters. The summed E-state index contributed by atoms with van der Waals surface area (Å²) >= 11 is 0. The molecule has 0 atom stereocenters. The van der Waals surface area contributed by atoms with E-state index >= 15 is 0 Å². The number of aryl methyl sites for hydroxylation is 1. The fourth-order valence-electron chi connectivity index (χ4n) is 3.54. The molecule has 4 rings (SSSR count). The third-order valence-corrected chi connectivity index (χ3v) is 5.03. The number of carbonyl (C=O) groups excluding carboxylic acids is 1. The Hall–Kier alpha value is -2.92. The van der Waals surface area contributed by atoms with Gasteiger partial charge in [0.2, 0.25) is 0 Å². The highest BCUT2D eigenvalue weighted by Gasteiger charge is 2.23. The molecule has 27 heavy (non-hydrogen) atoms. The van der Waals surface area contributed by atoms with Gasteiger partial charge in [-0.2, -0.15) is 5.10 Å². The van der Waals surface area contributed by atoms with Crippen molar-refractivity contribution in [1.82, 2.24) is 20.0 Å². The molecule has 1 aliphatic heterocycles. The number of carbonyl (C=O) groups is 1. The molecule has 138 valence electrons. The number of hydrogen-bond acceptors (Lipinski definition) is 3. The second-order valence-corrected chi connectivity index (χ2v) is 7.09. The van der Waals surface area contributed by atoms with Gasteiger partial charge in [0.25, 0.3) is 5.91 Å². The van der Waals surface area contributed by atoms with Crippen LogP contribution in [0.1, 0.15) is 21.6 Å². The highest BCUT2D eigenvalue weighted by molar-refractivity contribution is 5.93. The van der Waals surface area contributed by atoms with Gasteiger partial charge in [0.05, 0.1) is 5.69 Å². The number of amides is 1. The predicted octanol–water partition coefficient (Wildman–Crippen LogP) is 3.34. The van der Waals surface area contributed by atoms with Crippen LogP contribution in [0.4, 0.5) is 0 Å². The Bertz CT molecular complexity index is 911. The Kier molecular flexibility index (Phi) is 5.03. The minimum Gasteiger partial charge on any atom is -0.335 e. The van der Waals surface area contributed by atoms with Crippen LogP contribution in [0.3, 0.4) is 0 Å². The molecule has 0 radical (unpaired) electrons. The Morgan fingerprint density at radius 3 is 2.52 bits per heavy atom. The number of nitrogens with one attached hydrogen (secondary N) is 1. The molecule has 0 aliphatic carbocycles. The van der Waals surface area contributed by atoms with Crippen molar-refractivity contribution in [3.63, 3.8) is 0 Å². The van der Waals surface area contributed by atoms with Crippen molar-refractivity contribution in [2.24, 2.45) is 0 Å². The van der Waals surface area contributed by atoms with Gasteiger partial charge >= 0.3 is 0 Å². The summed E-state index contributed by atoms with van der Waals surface area (Å²) in [5.41, 5.74) is 4.99. The molecule has 5 nitrogen and oxygen atoms in total. The highest BCUT2D eigenvalue weighted by atomic mass is 16.2. The topological polar surface area (TPSA) is 52.2 Å². The number of hydrogen-bond donors (Lipinski definition) is 1. The van der Waals surface area contributed by atoms with Crippen molar-refractivity contribution in [2.75, 3.05) is 26.2 Å². The zero-order valence-electron chi connectivity index (χ0n) is 15.6. The number of piperazine rings is 1. The van der Waals surface area contributed by atoms with Crippen molar-refractivity contribution in [2.45, 2.75) is 13.5 Å². The molecule has 1 aliphatic rings. The van der Waals surface area contributed by atoms with Crippen LogP contribution >= 0.6 is 0 Å². The molecule has 1 N–H and O–H groups in total. The van der Waals surface area contributed by atoms with Gasteiger partial charge in [0, 0.05) is 38.3 Å². The molecule has 1 saturated heterocycles. The van der Waals surface area contributed by atoms with Gasteiger partial charge in [-0.15, -0.1) is 0 Å². The minimum absolute atomic E-state index is 0.0277. The third-order valence-electron chi connectivity index (χ3n) is 5.03. The van der Waals surface area contributed by atoms with E-state index in [0.29, 0.717) is 5.69 Å². The molecule has 0 bridgehead atoms. The van der Waals surface area contributed by atoms with Crippen molar-refractivity contribution in [3.05, 3.63) is 77.5 Å². The normalized spacial score (nSPS) is 15.1. The van der Waals surface area contributed by atoms with Crippen molar-refractivity contribution in [3.8, 4) is 11.3 Å². The van der Waals surface area contributed by atoms with Gasteiger partial charge in [-0.1, -0.05) is 60.2 Å². The molecular formula is C22H24N4O. The first-order valence-electron chi connectivity index (χ1n) is 9.37. The Morgan fingerprint density at radius 1 is 1.00 bits per heavy atom. The number of H-pyrrole nitrogens is 1. The highest BCUT2D eigenvalue weighted by Crippen LogP contribution is 2.18. The Morgan fingerprint density at radius 2 is 1.78 bits per heavy atom. The molecule has 1 aromatic heterocycles. The molecule has 2 heterocycles. The third kappa shape index (κ3) is 4.09. The van der Waals surface area contributed by atoms with Crippen LogP contribution in [-0.4, -0.2) is 52.1 Å². The van der Waals surface area contributed by atoms with Crippen LogP contribution in [0, 0.1) is 6.92 Å². The van der Waals surface area contributed by atoms with Crippen LogP contribution in [0.15, 0.2) is 60.7 Å². The number of benzene rings is 2. The lowest BCUT2D eigenvalue weighted by molar-refractivity contribution is 0.0622. The fraction of sp³-hybridized carbons (Fsp3) is 0.273. The number of aromatic nitrogens is 2. The molecule has 1 amide bonds. The molecule has 3 aromatic rings. The zero-order valence-corrected chi connectivity index (χ0v) is 15.6. The Labute approximate surface area is 159 Å². The lowest BCUT2D eigenvalue weighted by Gasteiger charge is -2.34. The van der Waals surface area contributed by atoms with E-state index in [0.717, 1.165) is 44.0 Å². The Balaban J connectivity index is 1.35. The maximum absolute atomic E-state index is 12.8. The summed E-state index contributed by atoms with van der Waals surface area (Å²) < 4.78 is 0. The fourth-order valence-corrected chi connectivity index (χ4v) is 3.54. The van der Waals surface area contributed by atoms with E-state index in [2.05, 4.69) is 46.3 Å². The largest absolute Gasteiger partial charge is 0.335 e.